The fraction of sp³-hybridized carbons (Fsp3) is 0.600. The normalized spacial score (nSPS) is 8.40. The van der Waals surface area contributed by atoms with Crippen LogP contribution in [0.3, 0.4) is 0 Å². The summed E-state index contributed by atoms with van der Waals surface area (Å²) in [7, 11) is -4.10. The second-order valence-corrected chi connectivity index (χ2v) is 3.52. The molecule has 0 bridgehead atoms. The Bertz CT molecular complexity index is 277. The molecule has 0 fully saturated rings. The summed E-state index contributed by atoms with van der Waals surface area (Å²) in [6.07, 6.45) is -0.557. The van der Waals surface area contributed by atoms with Gasteiger partial charge in [0, 0.05) is 34.2 Å². The monoisotopic (exact) mass is 446 g/mol. The van der Waals surface area contributed by atoms with Crippen molar-refractivity contribution >= 4 is 49.4 Å². The van der Waals surface area contributed by atoms with Gasteiger partial charge in [-0.1, -0.05) is 0 Å². The third-order valence-electron chi connectivity index (χ3n) is 0.574. The molecule has 3 N–H and O–H groups in total. The molecule has 0 spiro atoms. The Morgan fingerprint density at radius 1 is 1.27 bits per heavy atom. The SMILES string of the molecule is CC(=O)O.O=C(O)CCS(=O)(=O)O.[H-].[Na+].[Pb]. The number of hydrogen-bond donors (Lipinski definition) is 3. The van der Waals surface area contributed by atoms with Gasteiger partial charge in [0.15, 0.2) is 0 Å². The zero-order valence-electron chi connectivity index (χ0n) is 9.30. The van der Waals surface area contributed by atoms with E-state index >= 15 is 0 Å². The molecular weight excluding hydrogens is 434 g/mol. The van der Waals surface area contributed by atoms with Crippen LogP contribution in [0, 0.1) is 0 Å². The van der Waals surface area contributed by atoms with E-state index in [0.29, 0.717) is 0 Å². The molecule has 0 amide bonds. The van der Waals surface area contributed by atoms with Crippen LogP contribution < -0.4 is 29.6 Å². The zero-order chi connectivity index (χ0) is 11.1. The van der Waals surface area contributed by atoms with Crippen molar-refractivity contribution in [1.29, 1.82) is 0 Å². The Labute approximate surface area is 131 Å². The summed E-state index contributed by atoms with van der Waals surface area (Å²) in [4.78, 5) is 18.7. The molecule has 10 heteroatoms. The van der Waals surface area contributed by atoms with Gasteiger partial charge in [0.1, 0.15) is 0 Å². The molecule has 0 saturated heterocycles. The molecule has 7 nitrogen and oxygen atoms in total. The Balaban J connectivity index is -0.0000000511. The molecule has 4 radical (unpaired) electrons. The van der Waals surface area contributed by atoms with Crippen LogP contribution in [0.25, 0.3) is 0 Å². The van der Waals surface area contributed by atoms with Crippen LogP contribution in [0.1, 0.15) is 14.8 Å². The average molecular weight is 445 g/mol. The summed E-state index contributed by atoms with van der Waals surface area (Å²) in [5, 5.41) is 15.3. The molecule has 0 rings (SSSR count). The Morgan fingerprint density at radius 3 is 1.60 bits per heavy atom. The molecule has 0 heterocycles. The fourth-order valence-electron chi connectivity index (χ4n) is 0.216. The van der Waals surface area contributed by atoms with Crippen molar-refractivity contribution in [2.75, 3.05) is 5.75 Å². The molecular formula is C5H11NaO7PbS. The van der Waals surface area contributed by atoms with Crippen molar-refractivity contribution in [1.82, 2.24) is 0 Å². The molecule has 0 unspecified atom stereocenters. The summed E-state index contributed by atoms with van der Waals surface area (Å²) < 4.78 is 27.6. The first-order valence-corrected chi connectivity index (χ1v) is 4.62. The predicted octanol–water partition coefficient (Wildman–Crippen LogP) is -3.82. The van der Waals surface area contributed by atoms with E-state index in [1.54, 1.807) is 0 Å². The van der Waals surface area contributed by atoms with E-state index in [2.05, 4.69) is 0 Å². The van der Waals surface area contributed by atoms with Gasteiger partial charge in [-0.25, -0.2) is 0 Å². The van der Waals surface area contributed by atoms with E-state index in [1.165, 1.54) is 0 Å². The second kappa shape index (κ2) is 12.8. The van der Waals surface area contributed by atoms with Gasteiger partial charge in [-0.05, 0) is 0 Å². The Hall–Kier alpha value is 0.772. The van der Waals surface area contributed by atoms with Gasteiger partial charge in [0.2, 0.25) is 0 Å². The number of carbonyl (C=O) groups is 2. The van der Waals surface area contributed by atoms with Gasteiger partial charge in [0.05, 0.1) is 12.2 Å². The van der Waals surface area contributed by atoms with Gasteiger partial charge in [-0.2, -0.15) is 8.42 Å². The minimum Gasteiger partial charge on any atom is -1.00 e. The first-order chi connectivity index (χ1) is 5.65. The maximum atomic E-state index is 9.83. The quantitative estimate of drug-likeness (QED) is 0.300. The second-order valence-electron chi connectivity index (χ2n) is 1.95. The standard InChI is InChI=1S/C3H6O5S.C2H4O2.Na.Pb.H/c4-3(5)1-2-9(6,7)8;1-2(3)4;;;/h1-2H2,(H,4,5)(H,6,7,8);1H3,(H,3,4);;;/q;;+1;;-1. The van der Waals surface area contributed by atoms with Crippen molar-refractivity contribution in [3.05, 3.63) is 0 Å². The third-order valence-corrected chi connectivity index (χ3v) is 1.29. The van der Waals surface area contributed by atoms with Crippen LogP contribution in [0.5, 0.6) is 0 Å². The van der Waals surface area contributed by atoms with Crippen molar-refractivity contribution in [3.8, 4) is 0 Å². The minimum absolute atomic E-state index is 0. The average Bonchev–Trinajstić information content (AvgIpc) is 1.80. The van der Waals surface area contributed by atoms with Crippen LogP contribution in [-0.4, -0.2) is 68.2 Å². The smallest absolute Gasteiger partial charge is 1.00 e. The van der Waals surface area contributed by atoms with E-state index in [9.17, 15) is 13.2 Å². The molecule has 0 saturated carbocycles. The van der Waals surface area contributed by atoms with Crippen LogP contribution in [0.4, 0.5) is 0 Å². The zero-order valence-corrected chi connectivity index (χ0v) is 15.0. The van der Waals surface area contributed by atoms with Crippen molar-refractivity contribution < 1.29 is 63.8 Å². The summed E-state index contributed by atoms with van der Waals surface area (Å²) >= 11 is 0. The van der Waals surface area contributed by atoms with Crippen LogP contribution in [0.2, 0.25) is 0 Å². The van der Waals surface area contributed by atoms with Crippen molar-refractivity contribution in [2.24, 2.45) is 0 Å². The number of carboxylic acid groups (broad SMARTS) is 2. The molecule has 0 aliphatic rings. The van der Waals surface area contributed by atoms with E-state index in [4.69, 9.17) is 19.6 Å². The first-order valence-electron chi connectivity index (χ1n) is 3.01. The van der Waals surface area contributed by atoms with Gasteiger partial charge in [-0.15, -0.1) is 0 Å². The number of aliphatic carboxylic acids is 2. The number of hydrogen-bond acceptors (Lipinski definition) is 4. The van der Waals surface area contributed by atoms with Crippen molar-refractivity contribution in [3.63, 3.8) is 0 Å². The minimum atomic E-state index is -4.10. The van der Waals surface area contributed by atoms with Gasteiger partial charge >= 0.3 is 35.5 Å². The van der Waals surface area contributed by atoms with Crippen LogP contribution in [0.15, 0.2) is 0 Å². The van der Waals surface area contributed by atoms with E-state index in [-0.39, 0.29) is 58.3 Å². The van der Waals surface area contributed by atoms with Gasteiger partial charge in [-0.3, -0.25) is 14.1 Å². The molecule has 84 valence electrons. The molecule has 0 aromatic rings. The largest absolute Gasteiger partial charge is 1.00 e. The Morgan fingerprint density at radius 2 is 1.53 bits per heavy atom. The first kappa shape index (κ1) is 24.8. The summed E-state index contributed by atoms with van der Waals surface area (Å²) in [6.45, 7) is 1.08. The topological polar surface area (TPSA) is 129 Å². The summed E-state index contributed by atoms with van der Waals surface area (Å²) in [5.41, 5.74) is 0. The van der Waals surface area contributed by atoms with Crippen LogP contribution >= 0.6 is 0 Å². The molecule has 0 aromatic heterocycles. The fourth-order valence-corrected chi connectivity index (χ4v) is 0.649. The van der Waals surface area contributed by atoms with Crippen molar-refractivity contribution in [2.45, 2.75) is 13.3 Å². The summed E-state index contributed by atoms with van der Waals surface area (Å²) in [5.74, 6) is -2.80. The van der Waals surface area contributed by atoms with Gasteiger partial charge in [0.25, 0.3) is 16.1 Å². The predicted molar refractivity (Wildman–Crippen MR) is 48.8 cm³/mol. The van der Waals surface area contributed by atoms with E-state index in [1.807, 2.05) is 0 Å². The maximum absolute atomic E-state index is 9.83. The van der Waals surface area contributed by atoms with Gasteiger partial charge < -0.3 is 11.6 Å². The van der Waals surface area contributed by atoms with E-state index < -0.39 is 34.2 Å². The molecule has 15 heavy (non-hydrogen) atoms. The number of carboxylic acids is 2. The molecule has 0 aliphatic heterocycles. The molecule has 0 aliphatic carbocycles. The number of rotatable bonds is 3. The molecule has 0 aromatic carbocycles. The Kier molecular flexibility index (Phi) is 21.3. The summed E-state index contributed by atoms with van der Waals surface area (Å²) in [6, 6.07) is 0. The van der Waals surface area contributed by atoms with Crippen LogP contribution in [-0.2, 0) is 19.7 Å². The maximum Gasteiger partial charge on any atom is 1.00 e. The third kappa shape index (κ3) is 52.5. The van der Waals surface area contributed by atoms with E-state index in [0.717, 1.165) is 6.92 Å². The molecule has 0 atom stereocenters.